The first-order chi connectivity index (χ1) is 14.8. The second kappa shape index (κ2) is 9.29. The second-order valence-electron chi connectivity index (χ2n) is 6.98. The molecule has 2 aromatic rings. The zero-order valence-corrected chi connectivity index (χ0v) is 17.4. The molecule has 0 spiro atoms. The van der Waals surface area contributed by atoms with E-state index in [0.29, 0.717) is 24.9 Å². The smallest absolute Gasteiger partial charge is 0.235 e. The fourth-order valence-electron chi connectivity index (χ4n) is 3.54. The maximum atomic E-state index is 14.4. The largest absolute Gasteiger partial charge is 0.391 e. The van der Waals surface area contributed by atoms with Crippen LogP contribution in [0, 0.1) is 34.3 Å². The number of aliphatic hydroxyl groups is 1. The van der Waals surface area contributed by atoms with Gasteiger partial charge in [0.2, 0.25) is 5.91 Å². The number of thioether (sulfide) groups is 1. The number of hydrogen-bond acceptors (Lipinski definition) is 7. The number of hydrogen-bond donors (Lipinski definition) is 2. The minimum atomic E-state index is -1.34. The van der Waals surface area contributed by atoms with Crippen molar-refractivity contribution in [2.24, 2.45) is 5.73 Å². The predicted octanol–water partition coefficient (Wildman–Crippen LogP) is 2.56. The van der Waals surface area contributed by atoms with E-state index in [9.17, 15) is 29.2 Å². The van der Waals surface area contributed by atoms with Gasteiger partial charge in [0.05, 0.1) is 17.2 Å². The number of β-amino-alcohol motifs (C(OH)–C–C–N with tert-alkyl or cyclic N) is 1. The number of carbonyl (C=O) groups is 1. The highest BCUT2D eigenvalue weighted by molar-refractivity contribution is 8.00. The molecule has 1 saturated heterocycles. The summed E-state index contributed by atoms with van der Waals surface area (Å²) in [6, 6.07) is 7.53. The fraction of sp³-hybridized carbons (Fsp3) is 0.333. The number of primary amides is 1. The van der Waals surface area contributed by atoms with Crippen molar-refractivity contribution in [3.05, 3.63) is 52.1 Å². The van der Waals surface area contributed by atoms with Crippen LogP contribution in [-0.4, -0.2) is 35.2 Å². The van der Waals surface area contributed by atoms with Crippen molar-refractivity contribution >= 4 is 23.5 Å². The first-order valence-electron chi connectivity index (χ1n) is 9.52. The number of rotatable bonds is 6. The van der Waals surface area contributed by atoms with Crippen molar-refractivity contribution < 1.29 is 18.7 Å². The second-order valence-corrected chi connectivity index (χ2v) is 8.07. The van der Waals surface area contributed by atoms with Gasteiger partial charge in [-0.15, -0.1) is 0 Å². The quantitative estimate of drug-likeness (QED) is 0.657. The van der Waals surface area contributed by atoms with Crippen LogP contribution in [0.15, 0.2) is 23.2 Å². The summed E-state index contributed by atoms with van der Waals surface area (Å²) in [6.45, 7) is 2.49. The number of benzene rings is 1. The topological polar surface area (TPSA) is 127 Å². The first kappa shape index (κ1) is 22.5. The molecule has 1 fully saturated rings. The fourth-order valence-corrected chi connectivity index (χ4v) is 4.62. The lowest BCUT2D eigenvalue weighted by atomic mass is 10.0. The molecule has 0 bridgehead atoms. The molecule has 3 rings (SSSR count). The third-order valence-corrected chi connectivity index (χ3v) is 6.28. The Morgan fingerprint density at radius 1 is 1.39 bits per heavy atom. The van der Waals surface area contributed by atoms with Crippen LogP contribution in [0.5, 0.6) is 0 Å². The highest BCUT2D eigenvalue weighted by Crippen LogP contribution is 2.40. The summed E-state index contributed by atoms with van der Waals surface area (Å²) >= 11 is 0.733. The number of aliphatic hydroxyl groups excluding tert-OH is 1. The van der Waals surface area contributed by atoms with Crippen molar-refractivity contribution in [3.8, 4) is 12.1 Å². The summed E-state index contributed by atoms with van der Waals surface area (Å²) in [5.41, 5.74) is 5.94. The summed E-state index contributed by atoms with van der Waals surface area (Å²) < 4.78 is 28.1. The summed E-state index contributed by atoms with van der Waals surface area (Å²) in [6.07, 6.45) is 0.250. The summed E-state index contributed by atoms with van der Waals surface area (Å²) in [5, 5.41) is 28.1. The number of anilines is 1. The van der Waals surface area contributed by atoms with Crippen LogP contribution in [0.3, 0.4) is 0 Å². The van der Waals surface area contributed by atoms with Crippen molar-refractivity contribution in [1.82, 2.24) is 4.98 Å². The Morgan fingerprint density at radius 2 is 2.10 bits per heavy atom. The molecule has 1 unspecified atom stereocenters. The molecule has 1 aromatic carbocycles. The number of pyridine rings is 1. The lowest BCUT2D eigenvalue weighted by Gasteiger charge is -2.23. The summed E-state index contributed by atoms with van der Waals surface area (Å²) in [7, 11) is 0. The molecule has 1 amide bonds. The van der Waals surface area contributed by atoms with E-state index < -0.39 is 28.9 Å². The molecule has 1 aliphatic heterocycles. The molecule has 160 valence electrons. The third-order valence-electron chi connectivity index (χ3n) is 5.04. The normalized spacial score (nSPS) is 16.6. The number of nitriles is 2. The standard InChI is InChI=1S/C21H19F2N5O2S/c1-2-12-14(8-24)20(28-7-6-11(29)10-28)27-21(15(12)9-25)31-18(19(26)30)13-4-3-5-16(22)17(13)23/h3-5,11,18,29H,2,6-7,10H2,1H3,(H2,26,30)/t11-,18?/m0/s1. The van der Waals surface area contributed by atoms with Gasteiger partial charge in [-0.2, -0.15) is 10.5 Å². The Kier molecular flexibility index (Phi) is 6.74. The molecular formula is C21H19F2N5O2S. The predicted molar refractivity (Wildman–Crippen MR) is 110 cm³/mol. The number of carbonyl (C=O) groups excluding carboxylic acids is 1. The van der Waals surface area contributed by atoms with Gasteiger partial charge in [-0.3, -0.25) is 4.79 Å². The van der Waals surface area contributed by atoms with E-state index in [1.54, 1.807) is 11.8 Å². The zero-order chi connectivity index (χ0) is 22.7. The summed E-state index contributed by atoms with van der Waals surface area (Å²) in [4.78, 5) is 18.3. The number of nitrogens with zero attached hydrogens (tertiary/aromatic N) is 4. The summed E-state index contributed by atoms with van der Waals surface area (Å²) in [5.74, 6) is -2.98. The Labute approximate surface area is 182 Å². The molecule has 2 heterocycles. The number of aromatic nitrogens is 1. The lowest BCUT2D eigenvalue weighted by Crippen LogP contribution is -2.25. The number of nitrogens with two attached hydrogens (primary N) is 1. The van der Waals surface area contributed by atoms with Crippen LogP contribution >= 0.6 is 11.8 Å². The monoisotopic (exact) mass is 443 g/mol. The Balaban J connectivity index is 2.17. The highest BCUT2D eigenvalue weighted by atomic mass is 32.2. The highest BCUT2D eigenvalue weighted by Gasteiger charge is 2.31. The Bertz CT molecular complexity index is 1110. The average Bonchev–Trinajstić information content (AvgIpc) is 3.18. The van der Waals surface area contributed by atoms with E-state index in [-0.39, 0.29) is 34.1 Å². The van der Waals surface area contributed by atoms with Gasteiger partial charge in [0.15, 0.2) is 11.6 Å². The van der Waals surface area contributed by atoms with Gasteiger partial charge in [0.1, 0.15) is 28.2 Å². The van der Waals surface area contributed by atoms with E-state index >= 15 is 0 Å². The maximum absolute atomic E-state index is 14.4. The van der Waals surface area contributed by atoms with E-state index in [1.165, 1.54) is 12.1 Å². The molecule has 7 nitrogen and oxygen atoms in total. The van der Waals surface area contributed by atoms with E-state index in [4.69, 9.17) is 5.73 Å². The van der Waals surface area contributed by atoms with Gasteiger partial charge in [-0.05, 0) is 24.5 Å². The van der Waals surface area contributed by atoms with Gasteiger partial charge in [-0.25, -0.2) is 13.8 Å². The molecule has 1 aliphatic rings. The maximum Gasteiger partial charge on any atom is 0.235 e. The Morgan fingerprint density at radius 3 is 2.65 bits per heavy atom. The van der Waals surface area contributed by atoms with Crippen LogP contribution in [0.25, 0.3) is 0 Å². The van der Waals surface area contributed by atoms with Gasteiger partial charge >= 0.3 is 0 Å². The minimum Gasteiger partial charge on any atom is -0.391 e. The van der Waals surface area contributed by atoms with E-state index in [1.807, 2.05) is 6.07 Å². The molecule has 1 aromatic heterocycles. The minimum absolute atomic E-state index is 0.0793. The van der Waals surface area contributed by atoms with Gasteiger partial charge in [0, 0.05) is 18.7 Å². The SMILES string of the molecule is CCc1c(C#N)c(SC(C(N)=O)c2cccc(F)c2F)nc(N2CC[C@H](O)C2)c1C#N. The van der Waals surface area contributed by atoms with Gasteiger partial charge < -0.3 is 15.7 Å². The van der Waals surface area contributed by atoms with Crippen LogP contribution in [0.2, 0.25) is 0 Å². The van der Waals surface area contributed by atoms with Crippen LogP contribution in [-0.2, 0) is 11.2 Å². The molecule has 31 heavy (non-hydrogen) atoms. The molecule has 10 heteroatoms. The van der Waals surface area contributed by atoms with Crippen molar-refractivity contribution in [3.63, 3.8) is 0 Å². The average molecular weight is 443 g/mol. The van der Waals surface area contributed by atoms with Crippen LogP contribution in [0.4, 0.5) is 14.6 Å². The van der Waals surface area contributed by atoms with Crippen LogP contribution in [0.1, 0.15) is 40.8 Å². The van der Waals surface area contributed by atoms with Crippen molar-refractivity contribution in [1.29, 1.82) is 10.5 Å². The molecular weight excluding hydrogens is 424 g/mol. The van der Waals surface area contributed by atoms with Crippen molar-refractivity contribution in [2.45, 2.75) is 36.1 Å². The molecule has 3 N–H and O–H groups in total. The lowest BCUT2D eigenvalue weighted by molar-refractivity contribution is -0.117. The first-order valence-corrected chi connectivity index (χ1v) is 10.4. The van der Waals surface area contributed by atoms with E-state index in [2.05, 4.69) is 11.1 Å². The van der Waals surface area contributed by atoms with E-state index in [0.717, 1.165) is 17.8 Å². The number of halogens is 2. The van der Waals surface area contributed by atoms with Crippen LogP contribution < -0.4 is 10.6 Å². The molecule has 0 radical (unpaired) electrons. The van der Waals surface area contributed by atoms with Gasteiger partial charge in [0.25, 0.3) is 0 Å². The van der Waals surface area contributed by atoms with Gasteiger partial charge in [-0.1, -0.05) is 30.8 Å². The Hall–Kier alpha value is -3.21. The molecule has 2 atom stereocenters. The van der Waals surface area contributed by atoms with Crippen molar-refractivity contribution in [2.75, 3.05) is 18.0 Å². The molecule has 0 saturated carbocycles. The molecule has 0 aliphatic carbocycles. The zero-order valence-electron chi connectivity index (χ0n) is 16.6. The third kappa shape index (κ3) is 4.31. The number of amides is 1.